The summed E-state index contributed by atoms with van der Waals surface area (Å²) in [5, 5.41) is 0.266. The molecule has 0 amide bonds. The molecule has 1 aromatic rings. The summed E-state index contributed by atoms with van der Waals surface area (Å²) >= 11 is 6.16. The largest absolute Gasteiger partial charge is 0.494 e. The van der Waals surface area contributed by atoms with Crippen LogP contribution in [0.4, 0.5) is 4.39 Å². The molecule has 1 saturated carbocycles. The molecule has 1 aromatic carbocycles. The van der Waals surface area contributed by atoms with Gasteiger partial charge in [0.1, 0.15) is 0 Å². The highest BCUT2D eigenvalue weighted by molar-refractivity contribution is 6.20. The summed E-state index contributed by atoms with van der Waals surface area (Å²) in [5.41, 5.74) is 0.750. The lowest BCUT2D eigenvalue weighted by Gasteiger charge is -2.25. The second-order valence-corrected chi connectivity index (χ2v) is 5.38. The molecule has 3 heteroatoms. The Bertz CT molecular complexity index is 380. The van der Waals surface area contributed by atoms with Crippen molar-refractivity contribution in [2.45, 2.75) is 37.5 Å². The molecular formula is C14H18ClFO. The first-order chi connectivity index (χ1) is 8.20. The normalized spacial score (nSPS) is 24.6. The Hall–Kier alpha value is -0.760. The predicted molar refractivity (Wildman–Crippen MR) is 68.3 cm³/mol. The average molecular weight is 257 g/mol. The van der Waals surface area contributed by atoms with Crippen LogP contribution < -0.4 is 4.74 Å². The molecule has 0 saturated heterocycles. The Morgan fingerprint density at radius 1 is 1.41 bits per heavy atom. The van der Waals surface area contributed by atoms with Gasteiger partial charge in [-0.1, -0.05) is 25.0 Å². The van der Waals surface area contributed by atoms with Gasteiger partial charge in [-0.25, -0.2) is 4.39 Å². The summed E-state index contributed by atoms with van der Waals surface area (Å²) in [6.45, 7) is 0. The van der Waals surface area contributed by atoms with Gasteiger partial charge < -0.3 is 4.74 Å². The van der Waals surface area contributed by atoms with Crippen LogP contribution in [-0.4, -0.2) is 12.5 Å². The maximum absolute atomic E-state index is 14.0. The van der Waals surface area contributed by atoms with Crippen LogP contribution in [0.15, 0.2) is 18.2 Å². The van der Waals surface area contributed by atoms with Gasteiger partial charge in [0.2, 0.25) is 0 Å². The first-order valence-electron chi connectivity index (χ1n) is 6.16. The number of hydrogen-bond donors (Lipinski definition) is 0. The molecule has 1 aliphatic carbocycles. The fraction of sp³-hybridized carbons (Fsp3) is 0.571. The van der Waals surface area contributed by atoms with Crippen molar-refractivity contribution in [2.24, 2.45) is 5.92 Å². The summed E-state index contributed by atoms with van der Waals surface area (Å²) in [6, 6.07) is 5.35. The lowest BCUT2D eigenvalue weighted by atomic mass is 9.84. The van der Waals surface area contributed by atoms with Gasteiger partial charge in [0.15, 0.2) is 11.6 Å². The summed E-state index contributed by atoms with van der Waals surface area (Å²) in [7, 11) is 1.50. The molecule has 0 bridgehead atoms. The lowest BCUT2D eigenvalue weighted by molar-refractivity contribution is 0.350. The number of ether oxygens (including phenoxy) is 1. The van der Waals surface area contributed by atoms with Crippen molar-refractivity contribution in [3.63, 3.8) is 0 Å². The first kappa shape index (κ1) is 12.7. The minimum Gasteiger partial charge on any atom is -0.494 e. The Labute approximate surface area is 107 Å². The maximum atomic E-state index is 14.0. The number of rotatable bonds is 3. The molecule has 1 fully saturated rings. The van der Waals surface area contributed by atoms with Crippen molar-refractivity contribution in [3.8, 4) is 5.75 Å². The third-order valence-corrected chi connectivity index (χ3v) is 3.89. The van der Waals surface area contributed by atoms with Crippen LogP contribution in [0.1, 0.15) is 31.2 Å². The van der Waals surface area contributed by atoms with E-state index in [2.05, 4.69) is 0 Å². The molecule has 0 heterocycles. The molecular weight excluding hydrogens is 239 g/mol. The highest BCUT2D eigenvalue weighted by atomic mass is 35.5. The lowest BCUT2D eigenvalue weighted by Crippen LogP contribution is -2.17. The van der Waals surface area contributed by atoms with Crippen molar-refractivity contribution in [3.05, 3.63) is 29.6 Å². The maximum Gasteiger partial charge on any atom is 0.168 e. The first-order valence-corrected chi connectivity index (χ1v) is 6.59. The zero-order valence-corrected chi connectivity index (χ0v) is 10.8. The summed E-state index contributed by atoms with van der Waals surface area (Å²) in [4.78, 5) is 0. The SMILES string of the molecule is COc1cccc(CC2CCCC(Cl)C2)c1F. The molecule has 1 nitrogen and oxygen atoms in total. The van der Waals surface area contributed by atoms with Crippen molar-refractivity contribution in [1.82, 2.24) is 0 Å². The van der Waals surface area contributed by atoms with Gasteiger partial charge in [0.25, 0.3) is 0 Å². The number of alkyl halides is 1. The second-order valence-electron chi connectivity index (χ2n) is 4.77. The number of benzene rings is 1. The van der Waals surface area contributed by atoms with E-state index >= 15 is 0 Å². The molecule has 94 valence electrons. The molecule has 2 rings (SSSR count). The van der Waals surface area contributed by atoms with Gasteiger partial charge in [-0.3, -0.25) is 0 Å². The Morgan fingerprint density at radius 2 is 2.24 bits per heavy atom. The summed E-state index contributed by atoms with van der Waals surface area (Å²) in [6.07, 6.45) is 5.17. The van der Waals surface area contributed by atoms with E-state index in [0.717, 1.165) is 37.7 Å². The van der Waals surface area contributed by atoms with E-state index in [1.165, 1.54) is 7.11 Å². The second kappa shape index (κ2) is 5.72. The molecule has 0 radical (unpaired) electrons. The van der Waals surface area contributed by atoms with E-state index in [1.54, 1.807) is 6.07 Å². The number of hydrogen-bond acceptors (Lipinski definition) is 1. The van der Waals surface area contributed by atoms with Crippen LogP contribution in [0.2, 0.25) is 0 Å². The number of halogens is 2. The fourth-order valence-corrected chi connectivity index (χ4v) is 3.00. The zero-order chi connectivity index (χ0) is 12.3. The van der Waals surface area contributed by atoms with Crippen molar-refractivity contribution in [2.75, 3.05) is 7.11 Å². The van der Waals surface area contributed by atoms with E-state index in [4.69, 9.17) is 16.3 Å². The predicted octanol–water partition coefficient (Wildman–Crippen LogP) is 4.17. The molecule has 2 unspecified atom stereocenters. The Morgan fingerprint density at radius 3 is 2.94 bits per heavy atom. The molecule has 0 spiro atoms. The number of methoxy groups -OCH3 is 1. The quantitative estimate of drug-likeness (QED) is 0.738. The van der Waals surface area contributed by atoms with Crippen LogP contribution in [0, 0.1) is 11.7 Å². The van der Waals surface area contributed by atoms with Crippen molar-refractivity contribution in [1.29, 1.82) is 0 Å². The average Bonchev–Trinajstić information content (AvgIpc) is 2.32. The minimum absolute atomic E-state index is 0.216. The smallest absolute Gasteiger partial charge is 0.168 e. The van der Waals surface area contributed by atoms with Gasteiger partial charge in [-0.05, 0) is 36.8 Å². The van der Waals surface area contributed by atoms with E-state index in [0.29, 0.717) is 11.7 Å². The highest BCUT2D eigenvalue weighted by Gasteiger charge is 2.22. The minimum atomic E-state index is -0.216. The van der Waals surface area contributed by atoms with Crippen LogP contribution in [0.25, 0.3) is 0 Å². The third kappa shape index (κ3) is 3.12. The molecule has 17 heavy (non-hydrogen) atoms. The fourth-order valence-electron chi connectivity index (χ4n) is 2.59. The van der Waals surface area contributed by atoms with Gasteiger partial charge in [0, 0.05) is 5.38 Å². The topological polar surface area (TPSA) is 9.23 Å². The molecule has 1 aliphatic rings. The van der Waals surface area contributed by atoms with Crippen LogP contribution >= 0.6 is 11.6 Å². The van der Waals surface area contributed by atoms with E-state index in [9.17, 15) is 4.39 Å². The van der Waals surface area contributed by atoms with Crippen molar-refractivity contribution >= 4 is 11.6 Å². The van der Waals surface area contributed by atoms with Crippen molar-refractivity contribution < 1.29 is 9.13 Å². The van der Waals surface area contributed by atoms with E-state index in [1.807, 2.05) is 12.1 Å². The molecule has 0 aromatic heterocycles. The van der Waals surface area contributed by atoms with Crippen LogP contribution in [0.5, 0.6) is 5.75 Å². The standard InChI is InChI=1S/C14H18ClFO/c1-17-13-7-3-5-11(14(13)16)8-10-4-2-6-12(15)9-10/h3,5,7,10,12H,2,4,6,8-9H2,1H3. The van der Waals surface area contributed by atoms with E-state index in [-0.39, 0.29) is 11.2 Å². The Kier molecular flexibility index (Phi) is 4.27. The van der Waals surface area contributed by atoms with Gasteiger partial charge in [-0.2, -0.15) is 0 Å². The highest BCUT2D eigenvalue weighted by Crippen LogP contribution is 2.32. The van der Waals surface area contributed by atoms with E-state index < -0.39 is 0 Å². The van der Waals surface area contributed by atoms with Crippen LogP contribution in [-0.2, 0) is 6.42 Å². The molecule has 2 atom stereocenters. The molecule has 0 N–H and O–H groups in total. The van der Waals surface area contributed by atoms with Gasteiger partial charge in [-0.15, -0.1) is 11.6 Å². The van der Waals surface area contributed by atoms with Crippen LogP contribution in [0.3, 0.4) is 0 Å². The van der Waals surface area contributed by atoms with Gasteiger partial charge >= 0.3 is 0 Å². The Balaban J connectivity index is 2.07. The molecule has 0 aliphatic heterocycles. The third-order valence-electron chi connectivity index (χ3n) is 3.49. The zero-order valence-electron chi connectivity index (χ0n) is 10.1. The summed E-state index contributed by atoms with van der Waals surface area (Å²) < 4.78 is 19.0. The van der Waals surface area contributed by atoms with Gasteiger partial charge in [0.05, 0.1) is 7.11 Å². The monoisotopic (exact) mass is 256 g/mol. The summed E-state index contributed by atoms with van der Waals surface area (Å²) in [5.74, 6) is 0.625.